The van der Waals surface area contributed by atoms with E-state index in [-0.39, 0.29) is 17.6 Å². The van der Waals surface area contributed by atoms with Crippen molar-refractivity contribution in [2.75, 3.05) is 6.54 Å². The van der Waals surface area contributed by atoms with E-state index in [0.29, 0.717) is 6.54 Å². The van der Waals surface area contributed by atoms with Gasteiger partial charge in [0.05, 0.1) is 17.9 Å². The number of aromatic nitrogens is 2. The van der Waals surface area contributed by atoms with Crippen LogP contribution in [0.15, 0.2) is 12.3 Å². The minimum absolute atomic E-state index is 0.0995. The number of fused-ring (bicyclic) bond motifs is 2. The van der Waals surface area contributed by atoms with Crippen molar-refractivity contribution in [2.24, 2.45) is 11.1 Å². The summed E-state index contributed by atoms with van der Waals surface area (Å²) in [5.41, 5.74) is 6.57. The van der Waals surface area contributed by atoms with Crippen LogP contribution in [0.25, 0.3) is 0 Å². The third-order valence-electron chi connectivity index (χ3n) is 4.75. The van der Waals surface area contributed by atoms with E-state index in [9.17, 15) is 5.11 Å². The maximum Gasteiger partial charge on any atom is 0.105 e. The van der Waals surface area contributed by atoms with Crippen molar-refractivity contribution in [1.82, 2.24) is 9.78 Å². The molecule has 5 heteroatoms. The summed E-state index contributed by atoms with van der Waals surface area (Å²) in [5.74, 6) is 0. The summed E-state index contributed by atoms with van der Waals surface area (Å²) < 4.78 is 7.83. The molecule has 4 atom stereocenters. The zero-order valence-electron chi connectivity index (χ0n) is 11.5. The van der Waals surface area contributed by atoms with Crippen LogP contribution in [0.4, 0.5) is 0 Å². The van der Waals surface area contributed by atoms with E-state index in [1.54, 1.807) is 6.20 Å². The van der Waals surface area contributed by atoms with Gasteiger partial charge >= 0.3 is 0 Å². The Kier molecular flexibility index (Phi) is 3.37. The third kappa shape index (κ3) is 1.91. The highest BCUT2D eigenvalue weighted by molar-refractivity contribution is 5.15. The average Bonchev–Trinajstić information content (AvgIpc) is 3.13. The lowest BCUT2D eigenvalue weighted by Crippen LogP contribution is -2.45. The molecule has 0 radical (unpaired) electrons. The molecule has 1 aromatic heterocycles. The molecule has 0 spiro atoms. The van der Waals surface area contributed by atoms with Crippen LogP contribution >= 0.6 is 0 Å². The maximum atomic E-state index is 10.9. The van der Waals surface area contributed by atoms with E-state index in [0.717, 1.165) is 37.9 Å². The first-order chi connectivity index (χ1) is 9.21. The van der Waals surface area contributed by atoms with Gasteiger partial charge in [-0.25, -0.2) is 0 Å². The fourth-order valence-corrected chi connectivity index (χ4v) is 3.72. The summed E-state index contributed by atoms with van der Waals surface area (Å²) in [6, 6.07) is 1.91. The lowest BCUT2D eigenvalue weighted by molar-refractivity contribution is -0.0307. The van der Waals surface area contributed by atoms with Crippen LogP contribution in [0.3, 0.4) is 0 Å². The van der Waals surface area contributed by atoms with E-state index in [2.05, 4.69) is 12.0 Å². The number of nitrogens with zero attached hydrogens (tertiary/aromatic N) is 2. The highest BCUT2D eigenvalue weighted by Gasteiger charge is 2.56. The number of hydrogen-bond acceptors (Lipinski definition) is 4. The lowest BCUT2D eigenvalue weighted by Gasteiger charge is -2.38. The first kappa shape index (κ1) is 13.1. The number of ether oxygens (including phenoxy) is 1. The molecule has 2 fully saturated rings. The number of nitrogens with two attached hydrogens (primary N) is 1. The van der Waals surface area contributed by atoms with Gasteiger partial charge in [0.1, 0.15) is 6.10 Å². The first-order valence-corrected chi connectivity index (χ1v) is 7.26. The van der Waals surface area contributed by atoms with E-state index < -0.39 is 6.10 Å². The largest absolute Gasteiger partial charge is 0.386 e. The summed E-state index contributed by atoms with van der Waals surface area (Å²) in [6.07, 6.45) is 5.54. The van der Waals surface area contributed by atoms with E-state index in [1.807, 2.05) is 10.7 Å². The minimum atomic E-state index is -0.582. The van der Waals surface area contributed by atoms with Crippen LogP contribution in [0, 0.1) is 5.41 Å². The fraction of sp³-hybridized carbons (Fsp3) is 0.786. The summed E-state index contributed by atoms with van der Waals surface area (Å²) >= 11 is 0. The second kappa shape index (κ2) is 4.89. The maximum absolute atomic E-state index is 10.9. The minimum Gasteiger partial charge on any atom is -0.386 e. The quantitative estimate of drug-likeness (QED) is 0.839. The predicted molar refractivity (Wildman–Crippen MR) is 71.5 cm³/mol. The number of aliphatic hydroxyl groups is 1. The molecule has 106 valence electrons. The predicted octanol–water partition coefficient (Wildman–Crippen LogP) is 1.22. The van der Waals surface area contributed by atoms with Gasteiger partial charge in [-0.3, -0.25) is 4.68 Å². The highest BCUT2D eigenvalue weighted by atomic mass is 16.5. The number of rotatable bonds is 5. The van der Waals surface area contributed by atoms with Gasteiger partial charge in [0, 0.05) is 24.7 Å². The molecule has 0 saturated carbocycles. The van der Waals surface area contributed by atoms with Crippen molar-refractivity contribution in [3.05, 3.63) is 18.0 Å². The molecule has 3 heterocycles. The molecule has 4 unspecified atom stereocenters. The van der Waals surface area contributed by atoms with Gasteiger partial charge in [-0.2, -0.15) is 5.10 Å². The molecular formula is C14H23N3O2. The van der Waals surface area contributed by atoms with E-state index >= 15 is 0 Å². The Bertz CT molecular complexity index is 448. The third-order valence-corrected chi connectivity index (χ3v) is 4.75. The van der Waals surface area contributed by atoms with Crippen molar-refractivity contribution in [1.29, 1.82) is 0 Å². The van der Waals surface area contributed by atoms with Crippen LogP contribution in [-0.2, 0) is 11.3 Å². The van der Waals surface area contributed by atoms with Crippen LogP contribution in [0.2, 0.25) is 0 Å². The molecular weight excluding hydrogens is 242 g/mol. The Morgan fingerprint density at radius 1 is 1.63 bits per heavy atom. The Morgan fingerprint density at radius 2 is 2.47 bits per heavy atom. The highest BCUT2D eigenvalue weighted by Crippen LogP contribution is 2.53. The van der Waals surface area contributed by atoms with Crippen molar-refractivity contribution in [2.45, 2.75) is 57.5 Å². The Balaban J connectivity index is 1.89. The van der Waals surface area contributed by atoms with Crippen LogP contribution < -0.4 is 5.73 Å². The van der Waals surface area contributed by atoms with Gasteiger partial charge in [-0.1, -0.05) is 6.92 Å². The van der Waals surface area contributed by atoms with Crippen LogP contribution in [0.1, 0.15) is 44.4 Å². The molecule has 3 rings (SSSR count). The molecule has 3 N–H and O–H groups in total. The number of hydrogen-bond donors (Lipinski definition) is 2. The molecule has 0 aromatic carbocycles. The van der Waals surface area contributed by atoms with Crippen molar-refractivity contribution < 1.29 is 9.84 Å². The Labute approximate surface area is 113 Å². The number of aryl methyl sites for hydroxylation is 1. The number of aliphatic hydroxyl groups excluding tert-OH is 1. The first-order valence-electron chi connectivity index (χ1n) is 7.26. The van der Waals surface area contributed by atoms with Gasteiger partial charge in [0.2, 0.25) is 0 Å². The molecule has 2 bridgehead atoms. The molecule has 2 saturated heterocycles. The topological polar surface area (TPSA) is 73.3 Å². The van der Waals surface area contributed by atoms with Crippen molar-refractivity contribution >= 4 is 0 Å². The van der Waals surface area contributed by atoms with Crippen LogP contribution in [0.5, 0.6) is 0 Å². The average molecular weight is 265 g/mol. The van der Waals surface area contributed by atoms with E-state index in [1.165, 1.54) is 0 Å². The van der Waals surface area contributed by atoms with Crippen molar-refractivity contribution in [3.8, 4) is 0 Å². The molecule has 0 amide bonds. The SMILES string of the molecule is CCCn1nccc1C(O)C1(CN)CC2CCC1O2. The summed E-state index contributed by atoms with van der Waals surface area (Å²) in [7, 11) is 0. The molecule has 0 aliphatic carbocycles. The van der Waals surface area contributed by atoms with E-state index in [4.69, 9.17) is 10.5 Å². The summed E-state index contributed by atoms with van der Waals surface area (Å²) in [6.45, 7) is 3.40. The normalized spacial score (nSPS) is 34.9. The fourth-order valence-electron chi connectivity index (χ4n) is 3.72. The van der Waals surface area contributed by atoms with Crippen LogP contribution in [-0.4, -0.2) is 33.6 Å². The summed E-state index contributed by atoms with van der Waals surface area (Å²) in [4.78, 5) is 0. The zero-order chi connectivity index (χ0) is 13.5. The molecule has 2 aliphatic rings. The molecule has 5 nitrogen and oxygen atoms in total. The van der Waals surface area contributed by atoms with Gasteiger partial charge in [0.25, 0.3) is 0 Å². The lowest BCUT2D eigenvalue weighted by atomic mass is 9.69. The van der Waals surface area contributed by atoms with Gasteiger partial charge in [-0.15, -0.1) is 0 Å². The smallest absolute Gasteiger partial charge is 0.105 e. The summed E-state index contributed by atoms with van der Waals surface area (Å²) in [5, 5.41) is 15.2. The molecule has 19 heavy (non-hydrogen) atoms. The zero-order valence-corrected chi connectivity index (χ0v) is 11.5. The van der Waals surface area contributed by atoms with Gasteiger partial charge in [0.15, 0.2) is 0 Å². The monoisotopic (exact) mass is 265 g/mol. The molecule has 1 aromatic rings. The Morgan fingerprint density at radius 3 is 3.05 bits per heavy atom. The molecule has 2 aliphatic heterocycles. The van der Waals surface area contributed by atoms with Crippen molar-refractivity contribution in [3.63, 3.8) is 0 Å². The second-order valence-corrected chi connectivity index (χ2v) is 5.85. The van der Waals surface area contributed by atoms with Gasteiger partial charge in [-0.05, 0) is 31.7 Å². The van der Waals surface area contributed by atoms with Gasteiger partial charge < -0.3 is 15.6 Å². The second-order valence-electron chi connectivity index (χ2n) is 5.85. The standard InChI is InChI=1S/C14H23N3O2/c1-2-7-17-11(5-6-16-17)13(18)14(9-15)8-10-3-4-12(14)19-10/h5-6,10,12-13,18H,2-4,7-9,15H2,1H3. The Hall–Kier alpha value is -0.910.